The number of fused-ring (bicyclic) bond motifs is 1. The second-order valence-electron chi connectivity index (χ2n) is 5.20. The van der Waals surface area contributed by atoms with Gasteiger partial charge < -0.3 is 20.5 Å². The fourth-order valence-electron chi connectivity index (χ4n) is 2.25. The number of hydrogen-bond acceptors (Lipinski definition) is 4. The Morgan fingerprint density at radius 1 is 1.47 bits per heavy atom. The van der Waals surface area contributed by atoms with E-state index in [1.54, 1.807) is 0 Å². The van der Waals surface area contributed by atoms with Crippen LogP contribution in [0.3, 0.4) is 0 Å². The molecule has 0 aromatic heterocycles. The Labute approximate surface area is 112 Å². The summed E-state index contributed by atoms with van der Waals surface area (Å²) in [5, 5.41) is 15.8. The summed E-state index contributed by atoms with van der Waals surface area (Å²) in [5.74, 6) is 1.08. The van der Waals surface area contributed by atoms with Crippen molar-refractivity contribution in [3.05, 3.63) is 23.8 Å². The van der Waals surface area contributed by atoms with Crippen LogP contribution in [0.5, 0.6) is 5.75 Å². The van der Waals surface area contributed by atoms with Crippen molar-refractivity contribution in [1.82, 2.24) is 5.32 Å². The van der Waals surface area contributed by atoms with Gasteiger partial charge in [0.15, 0.2) is 6.61 Å². The molecule has 1 aromatic rings. The standard InChI is InChI=1S/C14H18N2O3/c17-12(10-2-3-10)7-15-6-9-1-4-13-11(5-9)16-14(18)8-19-13/h1,4-5,10,12,15,17H,2-3,6-8H2,(H,16,18). The molecular formula is C14H18N2O3. The van der Waals surface area contributed by atoms with E-state index in [0.717, 1.165) is 24.1 Å². The molecule has 5 nitrogen and oxygen atoms in total. The monoisotopic (exact) mass is 262 g/mol. The molecule has 1 aromatic carbocycles. The molecule has 1 unspecified atom stereocenters. The number of hydrogen-bond donors (Lipinski definition) is 3. The number of aliphatic hydroxyl groups is 1. The molecule has 5 heteroatoms. The van der Waals surface area contributed by atoms with Crippen molar-refractivity contribution >= 4 is 11.6 Å². The van der Waals surface area contributed by atoms with E-state index in [2.05, 4.69) is 10.6 Å². The number of rotatable bonds is 5. The molecule has 1 heterocycles. The summed E-state index contributed by atoms with van der Waals surface area (Å²) in [4.78, 5) is 11.2. The van der Waals surface area contributed by atoms with Gasteiger partial charge in [0.05, 0.1) is 11.8 Å². The SMILES string of the molecule is O=C1COc2ccc(CNCC(O)C3CC3)cc2N1. The summed E-state index contributed by atoms with van der Waals surface area (Å²) < 4.78 is 5.30. The number of carbonyl (C=O) groups excluding carboxylic acids is 1. The van der Waals surface area contributed by atoms with Gasteiger partial charge in [-0.15, -0.1) is 0 Å². The first-order valence-electron chi connectivity index (χ1n) is 6.67. The molecule has 1 atom stereocenters. The Hall–Kier alpha value is -1.59. The Morgan fingerprint density at radius 2 is 2.32 bits per heavy atom. The minimum Gasteiger partial charge on any atom is -0.482 e. The van der Waals surface area contributed by atoms with Gasteiger partial charge >= 0.3 is 0 Å². The highest BCUT2D eigenvalue weighted by atomic mass is 16.5. The van der Waals surface area contributed by atoms with Gasteiger partial charge in [-0.05, 0) is 36.5 Å². The summed E-state index contributed by atoms with van der Waals surface area (Å²) in [6, 6.07) is 5.73. The van der Waals surface area contributed by atoms with E-state index in [0.29, 0.717) is 24.8 Å². The number of carbonyl (C=O) groups is 1. The van der Waals surface area contributed by atoms with Crippen LogP contribution < -0.4 is 15.4 Å². The lowest BCUT2D eigenvalue weighted by molar-refractivity contribution is -0.118. The van der Waals surface area contributed by atoms with Crippen LogP contribution in [0.1, 0.15) is 18.4 Å². The number of benzene rings is 1. The van der Waals surface area contributed by atoms with E-state index >= 15 is 0 Å². The highest BCUT2D eigenvalue weighted by Gasteiger charge is 2.29. The molecule has 0 spiro atoms. The zero-order valence-electron chi connectivity index (χ0n) is 10.7. The summed E-state index contributed by atoms with van der Waals surface area (Å²) in [6.45, 7) is 1.37. The number of ether oxygens (including phenoxy) is 1. The lowest BCUT2D eigenvalue weighted by Gasteiger charge is -2.18. The van der Waals surface area contributed by atoms with Gasteiger partial charge in [-0.25, -0.2) is 0 Å². The largest absolute Gasteiger partial charge is 0.482 e. The van der Waals surface area contributed by atoms with Crippen LogP contribution in [-0.4, -0.2) is 30.3 Å². The van der Waals surface area contributed by atoms with E-state index in [9.17, 15) is 9.90 Å². The maximum atomic E-state index is 11.2. The number of nitrogens with one attached hydrogen (secondary N) is 2. The van der Waals surface area contributed by atoms with Crippen molar-refractivity contribution in [2.75, 3.05) is 18.5 Å². The van der Waals surface area contributed by atoms with Gasteiger partial charge in [0.25, 0.3) is 5.91 Å². The molecule has 3 rings (SSSR count). The minimum atomic E-state index is -0.235. The third kappa shape index (κ3) is 3.05. The lowest BCUT2D eigenvalue weighted by Crippen LogP contribution is -2.28. The maximum absolute atomic E-state index is 11.2. The quantitative estimate of drug-likeness (QED) is 0.736. The summed E-state index contributed by atoms with van der Waals surface area (Å²) in [6.07, 6.45) is 2.05. The first-order valence-corrected chi connectivity index (χ1v) is 6.67. The van der Waals surface area contributed by atoms with Crippen molar-refractivity contribution < 1.29 is 14.6 Å². The van der Waals surface area contributed by atoms with Crippen LogP contribution in [0.15, 0.2) is 18.2 Å². The molecule has 1 amide bonds. The van der Waals surface area contributed by atoms with Gasteiger partial charge in [-0.1, -0.05) is 6.07 Å². The Morgan fingerprint density at radius 3 is 3.11 bits per heavy atom. The van der Waals surface area contributed by atoms with Crippen molar-refractivity contribution in [1.29, 1.82) is 0 Å². The molecule has 0 saturated heterocycles. The van der Waals surface area contributed by atoms with E-state index in [1.807, 2.05) is 18.2 Å². The molecular weight excluding hydrogens is 244 g/mol. The molecule has 1 fully saturated rings. The van der Waals surface area contributed by atoms with Crippen molar-refractivity contribution in [3.63, 3.8) is 0 Å². The first kappa shape index (κ1) is 12.4. The predicted octanol–water partition coefficient (Wildman–Crippen LogP) is 0.878. The molecule has 19 heavy (non-hydrogen) atoms. The van der Waals surface area contributed by atoms with Crippen molar-refractivity contribution in [2.24, 2.45) is 5.92 Å². The minimum absolute atomic E-state index is 0.0815. The van der Waals surface area contributed by atoms with Crippen LogP contribution in [0.25, 0.3) is 0 Å². The smallest absolute Gasteiger partial charge is 0.262 e. The number of amides is 1. The topological polar surface area (TPSA) is 70.6 Å². The molecule has 102 valence electrons. The van der Waals surface area contributed by atoms with Crippen molar-refractivity contribution in [2.45, 2.75) is 25.5 Å². The third-order valence-corrected chi connectivity index (χ3v) is 3.53. The summed E-state index contributed by atoms with van der Waals surface area (Å²) >= 11 is 0. The van der Waals surface area contributed by atoms with Crippen LogP contribution in [0, 0.1) is 5.92 Å². The summed E-state index contributed by atoms with van der Waals surface area (Å²) in [5.41, 5.74) is 1.78. The van der Waals surface area contributed by atoms with Gasteiger partial charge in [0, 0.05) is 13.1 Å². The van der Waals surface area contributed by atoms with Gasteiger partial charge in [-0.2, -0.15) is 0 Å². The van der Waals surface area contributed by atoms with Gasteiger partial charge in [0.2, 0.25) is 0 Å². The fourth-order valence-corrected chi connectivity index (χ4v) is 2.25. The molecule has 3 N–H and O–H groups in total. The van der Waals surface area contributed by atoms with E-state index in [1.165, 1.54) is 0 Å². The van der Waals surface area contributed by atoms with Gasteiger partial charge in [0.1, 0.15) is 5.75 Å². The highest BCUT2D eigenvalue weighted by molar-refractivity contribution is 5.95. The molecule has 0 bridgehead atoms. The zero-order valence-corrected chi connectivity index (χ0v) is 10.7. The van der Waals surface area contributed by atoms with Crippen LogP contribution >= 0.6 is 0 Å². The molecule has 0 radical (unpaired) electrons. The van der Waals surface area contributed by atoms with E-state index in [-0.39, 0.29) is 18.6 Å². The average Bonchev–Trinajstić information content (AvgIpc) is 3.22. The fraction of sp³-hybridized carbons (Fsp3) is 0.500. The predicted molar refractivity (Wildman–Crippen MR) is 71.0 cm³/mol. The lowest BCUT2D eigenvalue weighted by atomic mass is 10.1. The molecule has 1 aliphatic heterocycles. The van der Waals surface area contributed by atoms with E-state index in [4.69, 9.17) is 4.74 Å². The normalized spacial score (nSPS) is 19.3. The van der Waals surface area contributed by atoms with E-state index < -0.39 is 0 Å². The van der Waals surface area contributed by atoms with Crippen LogP contribution in [-0.2, 0) is 11.3 Å². The molecule has 1 aliphatic carbocycles. The summed E-state index contributed by atoms with van der Waals surface area (Å²) in [7, 11) is 0. The molecule has 1 saturated carbocycles. The molecule has 2 aliphatic rings. The highest BCUT2D eigenvalue weighted by Crippen LogP contribution is 2.32. The van der Waals surface area contributed by atoms with Crippen LogP contribution in [0.4, 0.5) is 5.69 Å². The van der Waals surface area contributed by atoms with Gasteiger partial charge in [-0.3, -0.25) is 4.79 Å². The number of anilines is 1. The Kier molecular flexibility index (Phi) is 3.40. The Balaban J connectivity index is 1.56. The van der Waals surface area contributed by atoms with Crippen LogP contribution in [0.2, 0.25) is 0 Å². The zero-order chi connectivity index (χ0) is 13.2. The maximum Gasteiger partial charge on any atom is 0.262 e. The first-order chi connectivity index (χ1) is 9.22. The Bertz CT molecular complexity index is 486. The second-order valence-corrected chi connectivity index (χ2v) is 5.20. The van der Waals surface area contributed by atoms with Crippen molar-refractivity contribution in [3.8, 4) is 5.75 Å². The second kappa shape index (κ2) is 5.19. The average molecular weight is 262 g/mol. The third-order valence-electron chi connectivity index (χ3n) is 3.53. The number of aliphatic hydroxyl groups excluding tert-OH is 1.